The average Bonchev–Trinajstić information content (AvgIpc) is 3.08. The van der Waals surface area contributed by atoms with E-state index in [9.17, 15) is 19.6 Å². The van der Waals surface area contributed by atoms with Crippen LogP contribution in [0.2, 0.25) is 0 Å². The SMILES string of the molecule is CCCN(C)CC(=O)Nc1cccc(NC=c2sc(=C(C#N)C(=O)NCC)n(CC)c2=O)c1. The van der Waals surface area contributed by atoms with Crippen molar-refractivity contribution in [3.05, 3.63) is 43.8 Å². The van der Waals surface area contributed by atoms with Crippen molar-refractivity contribution in [2.45, 2.75) is 33.7 Å². The molecule has 0 fully saturated rings. The maximum atomic E-state index is 12.8. The first-order chi connectivity index (χ1) is 15.8. The number of hydrogen-bond donors (Lipinski definition) is 3. The van der Waals surface area contributed by atoms with Crippen LogP contribution in [0.3, 0.4) is 0 Å². The van der Waals surface area contributed by atoms with Gasteiger partial charge in [-0.15, -0.1) is 11.3 Å². The highest BCUT2D eigenvalue weighted by Gasteiger charge is 2.14. The minimum atomic E-state index is -0.504. The van der Waals surface area contributed by atoms with Gasteiger partial charge in [-0.2, -0.15) is 5.26 Å². The van der Waals surface area contributed by atoms with Crippen LogP contribution < -0.4 is 30.7 Å². The molecule has 0 saturated carbocycles. The van der Waals surface area contributed by atoms with Crippen molar-refractivity contribution in [3.8, 4) is 6.07 Å². The van der Waals surface area contributed by atoms with E-state index in [0.717, 1.165) is 24.3 Å². The fourth-order valence-electron chi connectivity index (χ4n) is 3.18. The molecular formula is C23H30N6O3S. The van der Waals surface area contributed by atoms with Crippen molar-refractivity contribution < 1.29 is 9.59 Å². The molecule has 0 saturated heterocycles. The summed E-state index contributed by atoms with van der Waals surface area (Å²) in [4.78, 5) is 39.2. The molecule has 0 aliphatic carbocycles. The molecule has 10 heteroatoms. The van der Waals surface area contributed by atoms with Crippen LogP contribution in [0.5, 0.6) is 0 Å². The number of hydrogen-bond acceptors (Lipinski definition) is 7. The highest BCUT2D eigenvalue weighted by molar-refractivity contribution is 7.07. The Morgan fingerprint density at radius 1 is 1.24 bits per heavy atom. The number of aromatic nitrogens is 1. The molecule has 0 radical (unpaired) electrons. The molecular weight excluding hydrogens is 440 g/mol. The van der Waals surface area contributed by atoms with Gasteiger partial charge in [0.25, 0.3) is 11.5 Å². The molecule has 2 amide bonds. The average molecular weight is 471 g/mol. The normalized spacial score (nSPS) is 12.3. The molecule has 0 aliphatic heterocycles. The predicted molar refractivity (Wildman–Crippen MR) is 132 cm³/mol. The van der Waals surface area contributed by atoms with Crippen molar-refractivity contribution in [2.75, 3.05) is 37.3 Å². The Morgan fingerprint density at radius 3 is 2.61 bits per heavy atom. The molecule has 0 spiro atoms. The number of amides is 2. The van der Waals surface area contributed by atoms with Crippen molar-refractivity contribution >= 4 is 46.3 Å². The lowest BCUT2D eigenvalue weighted by molar-refractivity contribution is -0.117. The quantitative estimate of drug-likeness (QED) is 0.474. The lowest BCUT2D eigenvalue weighted by Crippen LogP contribution is -2.34. The van der Waals surface area contributed by atoms with Gasteiger partial charge in [-0.1, -0.05) is 13.0 Å². The standard InChI is InChI=1S/C23H30N6O3S/c1-5-11-28(4)15-20(30)27-17-10-8-9-16(12-17)26-14-19-22(32)29(7-3)23(33-19)18(13-24)21(31)25-6-2/h8-10,12,14,26H,5-7,11,15H2,1-4H3,(H,25,31)(H,27,30). The number of thiazole rings is 1. The molecule has 1 heterocycles. The Balaban J connectivity index is 2.30. The smallest absolute Gasteiger partial charge is 0.270 e. The van der Waals surface area contributed by atoms with Gasteiger partial charge in [0.1, 0.15) is 15.3 Å². The van der Waals surface area contributed by atoms with E-state index >= 15 is 0 Å². The van der Waals surface area contributed by atoms with Gasteiger partial charge in [0.15, 0.2) is 5.57 Å². The fourth-order valence-corrected chi connectivity index (χ4v) is 4.27. The molecule has 0 bridgehead atoms. The van der Waals surface area contributed by atoms with E-state index in [4.69, 9.17) is 0 Å². The summed E-state index contributed by atoms with van der Waals surface area (Å²) in [6, 6.07) is 9.07. The summed E-state index contributed by atoms with van der Waals surface area (Å²) in [7, 11) is 1.90. The number of anilines is 2. The number of nitrogens with one attached hydrogen (secondary N) is 3. The molecule has 0 aliphatic rings. The zero-order chi connectivity index (χ0) is 24.4. The fraction of sp³-hybridized carbons (Fsp3) is 0.391. The van der Waals surface area contributed by atoms with E-state index in [0.29, 0.717) is 40.2 Å². The first kappa shape index (κ1) is 25.8. The monoisotopic (exact) mass is 470 g/mol. The molecule has 3 N–H and O–H groups in total. The molecule has 2 aromatic rings. The second-order valence-corrected chi connectivity index (χ2v) is 8.35. The third kappa shape index (κ3) is 7.03. The third-order valence-electron chi connectivity index (χ3n) is 4.65. The van der Waals surface area contributed by atoms with E-state index in [1.807, 2.05) is 24.1 Å². The van der Waals surface area contributed by atoms with E-state index in [1.165, 1.54) is 4.57 Å². The van der Waals surface area contributed by atoms with Gasteiger partial charge in [-0.3, -0.25) is 23.9 Å². The lowest BCUT2D eigenvalue weighted by atomic mass is 10.2. The summed E-state index contributed by atoms with van der Waals surface area (Å²) in [6.07, 6.45) is 2.52. The van der Waals surface area contributed by atoms with Gasteiger partial charge in [0.2, 0.25) is 5.91 Å². The van der Waals surface area contributed by atoms with Gasteiger partial charge in [0, 0.05) is 30.7 Å². The van der Waals surface area contributed by atoms with Crippen LogP contribution in [0.25, 0.3) is 11.8 Å². The Kier molecular flexibility index (Phi) is 9.84. The van der Waals surface area contributed by atoms with Crippen molar-refractivity contribution in [2.24, 2.45) is 0 Å². The summed E-state index contributed by atoms with van der Waals surface area (Å²) >= 11 is 1.08. The number of benzene rings is 1. The number of likely N-dealkylation sites (N-methyl/N-ethyl adjacent to an activating group) is 1. The molecule has 0 unspecified atom stereocenters. The highest BCUT2D eigenvalue weighted by atomic mass is 32.1. The molecule has 2 rings (SSSR count). The maximum Gasteiger partial charge on any atom is 0.270 e. The number of rotatable bonds is 10. The summed E-state index contributed by atoms with van der Waals surface area (Å²) in [5.41, 5.74) is 0.946. The van der Waals surface area contributed by atoms with Gasteiger partial charge in [-0.25, -0.2) is 0 Å². The number of nitriles is 1. The molecule has 9 nitrogen and oxygen atoms in total. The maximum absolute atomic E-state index is 12.8. The number of carbonyl (C=O) groups is 2. The summed E-state index contributed by atoms with van der Waals surface area (Å²) < 4.78 is 2.09. The van der Waals surface area contributed by atoms with E-state index in [-0.39, 0.29) is 17.0 Å². The van der Waals surface area contributed by atoms with Crippen LogP contribution in [0.15, 0.2) is 29.1 Å². The van der Waals surface area contributed by atoms with Gasteiger partial charge >= 0.3 is 0 Å². The third-order valence-corrected chi connectivity index (χ3v) is 5.78. The van der Waals surface area contributed by atoms with E-state index < -0.39 is 5.91 Å². The van der Waals surface area contributed by atoms with Crippen LogP contribution in [0.4, 0.5) is 11.4 Å². The summed E-state index contributed by atoms with van der Waals surface area (Å²) in [5, 5.41) is 18.0. The highest BCUT2D eigenvalue weighted by Crippen LogP contribution is 2.15. The molecule has 1 aromatic carbocycles. The predicted octanol–water partition coefficient (Wildman–Crippen LogP) is 0.870. The largest absolute Gasteiger partial charge is 0.360 e. The van der Waals surface area contributed by atoms with Crippen LogP contribution in [-0.2, 0) is 16.1 Å². The van der Waals surface area contributed by atoms with Gasteiger partial charge < -0.3 is 16.0 Å². The first-order valence-electron chi connectivity index (χ1n) is 10.8. The van der Waals surface area contributed by atoms with Crippen molar-refractivity contribution in [3.63, 3.8) is 0 Å². The Bertz CT molecular complexity index is 1210. The second-order valence-electron chi connectivity index (χ2n) is 7.32. The minimum Gasteiger partial charge on any atom is -0.360 e. The summed E-state index contributed by atoms with van der Waals surface area (Å²) in [5.74, 6) is -0.610. The lowest BCUT2D eigenvalue weighted by Gasteiger charge is -2.15. The zero-order valence-corrected chi connectivity index (χ0v) is 20.2. The number of nitrogens with zero attached hydrogens (tertiary/aromatic N) is 3. The van der Waals surface area contributed by atoms with Crippen LogP contribution >= 0.6 is 11.3 Å². The zero-order valence-electron chi connectivity index (χ0n) is 19.4. The Labute approximate surface area is 197 Å². The van der Waals surface area contributed by atoms with Gasteiger partial charge in [0.05, 0.1) is 6.54 Å². The van der Waals surface area contributed by atoms with Crippen molar-refractivity contribution in [1.29, 1.82) is 5.26 Å². The topological polar surface area (TPSA) is 119 Å². The van der Waals surface area contributed by atoms with Gasteiger partial charge in [-0.05, 0) is 52.1 Å². The molecule has 0 atom stereocenters. The Hall–Kier alpha value is -3.42. The molecule has 176 valence electrons. The second kappa shape index (κ2) is 12.6. The Morgan fingerprint density at radius 2 is 1.97 bits per heavy atom. The minimum absolute atomic E-state index is 0.0850. The van der Waals surface area contributed by atoms with E-state index in [2.05, 4.69) is 22.9 Å². The van der Waals surface area contributed by atoms with Crippen LogP contribution in [0.1, 0.15) is 27.2 Å². The molecule has 33 heavy (non-hydrogen) atoms. The van der Waals surface area contributed by atoms with E-state index in [1.54, 1.807) is 38.2 Å². The number of carbonyl (C=O) groups excluding carboxylic acids is 2. The molecule has 1 aromatic heterocycles. The van der Waals surface area contributed by atoms with Crippen molar-refractivity contribution in [1.82, 2.24) is 14.8 Å². The van der Waals surface area contributed by atoms with Crippen LogP contribution in [0, 0.1) is 11.3 Å². The summed E-state index contributed by atoms with van der Waals surface area (Å²) in [6.45, 7) is 7.46. The first-order valence-corrected chi connectivity index (χ1v) is 11.6. The van der Waals surface area contributed by atoms with Crippen LogP contribution in [-0.4, -0.2) is 48.0 Å².